The van der Waals surface area contributed by atoms with Gasteiger partial charge in [-0.3, -0.25) is 0 Å². The molecule has 0 amide bonds. The lowest BCUT2D eigenvalue weighted by atomic mass is 9.96. The largest absolute Gasteiger partial charge is 0.363 e. The molecule has 0 spiro atoms. The highest BCUT2D eigenvalue weighted by Crippen LogP contribution is 2.40. The maximum atomic E-state index is 5.81. The van der Waals surface area contributed by atoms with Gasteiger partial charge in [-0.25, -0.2) is 4.98 Å². The summed E-state index contributed by atoms with van der Waals surface area (Å²) in [4.78, 5) is 4.26. The number of nitrogens with zero attached hydrogens (tertiary/aromatic N) is 1. The van der Waals surface area contributed by atoms with Crippen molar-refractivity contribution < 1.29 is 0 Å². The van der Waals surface area contributed by atoms with Crippen LogP contribution >= 0.6 is 0 Å². The lowest BCUT2D eigenvalue weighted by Crippen LogP contribution is -2.44. The average Bonchev–Trinajstić information content (AvgIpc) is 3.03. The molecule has 1 aromatic heterocycles. The van der Waals surface area contributed by atoms with Crippen LogP contribution in [0.3, 0.4) is 0 Å². The molecule has 14 heavy (non-hydrogen) atoms. The van der Waals surface area contributed by atoms with Gasteiger partial charge in [0.1, 0.15) is 5.82 Å². The highest BCUT2D eigenvalue weighted by molar-refractivity contribution is 5.38. The molecule has 1 fully saturated rings. The van der Waals surface area contributed by atoms with Gasteiger partial charge in [0, 0.05) is 12.7 Å². The van der Waals surface area contributed by atoms with Gasteiger partial charge < -0.3 is 11.1 Å². The Morgan fingerprint density at radius 2 is 2.36 bits per heavy atom. The van der Waals surface area contributed by atoms with E-state index in [1.54, 1.807) is 6.20 Å². The second-order valence-electron chi connectivity index (χ2n) is 4.24. The molecule has 3 N–H and O–H groups in total. The van der Waals surface area contributed by atoms with Crippen LogP contribution in [-0.2, 0) is 0 Å². The fourth-order valence-electron chi connectivity index (χ4n) is 1.77. The van der Waals surface area contributed by atoms with Gasteiger partial charge in [-0.05, 0) is 37.8 Å². The highest BCUT2D eigenvalue weighted by atomic mass is 15.1. The van der Waals surface area contributed by atoms with Gasteiger partial charge in [0.2, 0.25) is 0 Å². The minimum Gasteiger partial charge on any atom is -0.363 e. The number of rotatable bonds is 4. The first-order valence-electron chi connectivity index (χ1n) is 5.14. The third-order valence-electron chi connectivity index (χ3n) is 2.98. The SMILES string of the molecule is CC(CN)(Nc1ccccn1)C1CC1. The Balaban J connectivity index is 2.08. The molecule has 2 rings (SSSR count). The van der Waals surface area contributed by atoms with E-state index in [0.29, 0.717) is 6.54 Å². The molecule has 1 aliphatic carbocycles. The van der Waals surface area contributed by atoms with Gasteiger partial charge in [-0.1, -0.05) is 6.07 Å². The van der Waals surface area contributed by atoms with Crippen LogP contribution in [0.2, 0.25) is 0 Å². The first-order chi connectivity index (χ1) is 6.74. The first-order valence-corrected chi connectivity index (χ1v) is 5.14. The number of nitrogens with one attached hydrogen (secondary N) is 1. The van der Waals surface area contributed by atoms with E-state index >= 15 is 0 Å². The van der Waals surface area contributed by atoms with Gasteiger partial charge >= 0.3 is 0 Å². The fourth-order valence-corrected chi connectivity index (χ4v) is 1.77. The van der Waals surface area contributed by atoms with Crippen molar-refractivity contribution in [3.05, 3.63) is 24.4 Å². The molecular formula is C11H17N3. The van der Waals surface area contributed by atoms with Crippen LogP contribution in [0.1, 0.15) is 19.8 Å². The van der Waals surface area contributed by atoms with Crippen molar-refractivity contribution in [3.63, 3.8) is 0 Å². The minimum atomic E-state index is 0.0222. The molecule has 1 atom stereocenters. The Labute approximate surface area is 84.7 Å². The average molecular weight is 191 g/mol. The lowest BCUT2D eigenvalue weighted by molar-refractivity contribution is 0.458. The summed E-state index contributed by atoms with van der Waals surface area (Å²) in [7, 11) is 0. The first kappa shape index (κ1) is 9.46. The van der Waals surface area contributed by atoms with E-state index in [1.807, 2.05) is 18.2 Å². The maximum Gasteiger partial charge on any atom is 0.126 e. The van der Waals surface area contributed by atoms with Gasteiger partial charge in [0.05, 0.1) is 5.54 Å². The summed E-state index contributed by atoms with van der Waals surface area (Å²) in [6.45, 7) is 2.84. The van der Waals surface area contributed by atoms with E-state index < -0.39 is 0 Å². The number of anilines is 1. The number of pyridine rings is 1. The summed E-state index contributed by atoms with van der Waals surface area (Å²) in [6, 6.07) is 5.89. The summed E-state index contributed by atoms with van der Waals surface area (Å²) in [5.74, 6) is 1.64. The molecule has 0 saturated heterocycles. The third-order valence-corrected chi connectivity index (χ3v) is 2.98. The molecule has 3 nitrogen and oxygen atoms in total. The van der Waals surface area contributed by atoms with E-state index in [-0.39, 0.29) is 5.54 Å². The normalized spacial score (nSPS) is 20.1. The summed E-state index contributed by atoms with van der Waals surface area (Å²) < 4.78 is 0. The van der Waals surface area contributed by atoms with Crippen LogP contribution in [-0.4, -0.2) is 17.1 Å². The maximum absolute atomic E-state index is 5.81. The molecule has 0 aliphatic heterocycles. The molecule has 0 bridgehead atoms. The monoisotopic (exact) mass is 191 g/mol. The molecule has 1 unspecified atom stereocenters. The summed E-state index contributed by atoms with van der Waals surface area (Å²) in [5.41, 5.74) is 5.83. The standard InChI is InChI=1S/C11H17N3/c1-11(8-12,9-5-6-9)14-10-4-2-3-7-13-10/h2-4,7,9H,5-6,8,12H2,1H3,(H,13,14). The molecule has 0 aromatic carbocycles. The van der Waals surface area contributed by atoms with Crippen LogP contribution < -0.4 is 11.1 Å². The van der Waals surface area contributed by atoms with Crippen molar-refractivity contribution in [1.29, 1.82) is 0 Å². The molecule has 1 aromatic rings. The Morgan fingerprint density at radius 1 is 1.57 bits per heavy atom. The summed E-state index contributed by atoms with van der Waals surface area (Å²) in [5, 5.41) is 3.43. The quantitative estimate of drug-likeness (QED) is 0.760. The molecule has 3 heteroatoms. The van der Waals surface area contributed by atoms with E-state index in [1.165, 1.54) is 12.8 Å². The topological polar surface area (TPSA) is 50.9 Å². The van der Waals surface area contributed by atoms with Crippen molar-refractivity contribution in [2.24, 2.45) is 11.7 Å². The van der Waals surface area contributed by atoms with Gasteiger partial charge in [-0.15, -0.1) is 0 Å². The summed E-state index contributed by atoms with van der Waals surface area (Å²) >= 11 is 0. The van der Waals surface area contributed by atoms with Gasteiger partial charge in [0.15, 0.2) is 0 Å². The van der Waals surface area contributed by atoms with Crippen molar-refractivity contribution in [2.45, 2.75) is 25.3 Å². The molecular weight excluding hydrogens is 174 g/mol. The zero-order chi connectivity index (χ0) is 10.0. The van der Waals surface area contributed by atoms with E-state index in [2.05, 4.69) is 17.2 Å². The molecule has 1 aliphatic rings. The Hall–Kier alpha value is -1.09. The predicted octanol–water partition coefficient (Wildman–Crippen LogP) is 1.62. The van der Waals surface area contributed by atoms with Crippen LogP contribution in [0.25, 0.3) is 0 Å². The Morgan fingerprint density at radius 3 is 2.86 bits per heavy atom. The zero-order valence-corrected chi connectivity index (χ0v) is 8.53. The molecule has 1 saturated carbocycles. The number of nitrogens with two attached hydrogens (primary N) is 1. The smallest absolute Gasteiger partial charge is 0.126 e. The predicted molar refractivity (Wildman–Crippen MR) is 58.0 cm³/mol. The minimum absolute atomic E-state index is 0.0222. The highest BCUT2D eigenvalue weighted by Gasteiger charge is 2.40. The van der Waals surface area contributed by atoms with Crippen molar-refractivity contribution in [1.82, 2.24) is 4.98 Å². The number of hydrogen-bond donors (Lipinski definition) is 2. The molecule has 1 heterocycles. The zero-order valence-electron chi connectivity index (χ0n) is 8.53. The number of hydrogen-bond acceptors (Lipinski definition) is 3. The van der Waals surface area contributed by atoms with Crippen LogP contribution in [0.5, 0.6) is 0 Å². The van der Waals surface area contributed by atoms with Crippen molar-refractivity contribution in [3.8, 4) is 0 Å². The second-order valence-corrected chi connectivity index (χ2v) is 4.24. The lowest BCUT2D eigenvalue weighted by Gasteiger charge is -2.30. The van der Waals surface area contributed by atoms with Gasteiger partial charge in [0.25, 0.3) is 0 Å². The van der Waals surface area contributed by atoms with Crippen molar-refractivity contribution in [2.75, 3.05) is 11.9 Å². The summed E-state index contributed by atoms with van der Waals surface area (Å²) in [6.07, 6.45) is 4.37. The number of aromatic nitrogens is 1. The fraction of sp³-hybridized carbons (Fsp3) is 0.545. The van der Waals surface area contributed by atoms with E-state index in [4.69, 9.17) is 5.73 Å². The molecule has 0 radical (unpaired) electrons. The van der Waals surface area contributed by atoms with E-state index in [9.17, 15) is 0 Å². The van der Waals surface area contributed by atoms with Gasteiger partial charge in [-0.2, -0.15) is 0 Å². The molecule has 76 valence electrons. The van der Waals surface area contributed by atoms with E-state index in [0.717, 1.165) is 11.7 Å². The van der Waals surface area contributed by atoms with Crippen molar-refractivity contribution >= 4 is 5.82 Å². The Bertz CT molecular complexity index is 295. The third kappa shape index (κ3) is 1.87. The van der Waals surface area contributed by atoms with Crippen LogP contribution in [0.15, 0.2) is 24.4 Å². The second kappa shape index (κ2) is 3.58. The Kier molecular flexibility index (Phi) is 2.42. The van der Waals surface area contributed by atoms with Crippen LogP contribution in [0, 0.1) is 5.92 Å². The van der Waals surface area contributed by atoms with Crippen LogP contribution in [0.4, 0.5) is 5.82 Å².